The number of fused-ring (bicyclic) bond motifs is 1. The van der Waals surface area contributed by atoms with Gasteiger partial charge in [0, 0.05) is 0 Å². The third-order valence-corrected chi connectivity index (χ3v) is 4.75. The predicted molar refractivity (Wildman–Crippen MR) is 73.0 cm³/mol. The molecule has 0 aromatic carbocycles. The van der Waals surface area contributed by atoms with Crippen LogP contribution in [0.3, 0.4) is 0 Å². The van der Waals surface area contributed by atoms with Crippen molar-refractivity contribution in [2.24, 2.45) is 0 Å². The minimum absolute atomic E-state index is 0.0610. The zero-order valence-electron chi connectivity index (χ0n) is 11.1. The molecule has 1 aliphatic heterocycles. The Hall–Kier alpha value is -1.46. The monoisotopic (exact) mass is 331 g/mol. The van der Waals surface area contributed by atoms with Gasteiger partial charge in [-0.25, -0.2) is 15.0 Å². The fraction of sp³-hybridized carbons (Fsp3) is 0.500. The molecule has 0 bridgehead atoms. The normalized spacial score (nSPS) is 32.2. The standard InChI is InChI=1S/C10H14N5O6P/c11-8-5-9(13-2-12-8)15(3-14-5)10(22(19)20)7(18)6(17)4(1-16)21-10/h2-4,6-7,16-20H,1H2,(H2,11,12,13)/t4-,6-,7-,10+/m1/s1. The van der Waals surface area contributed by atoms with Gasteiger partial charge >= 0.3 is 0 Å². The van der Waals surface area contributed by atoms with Crippen molar-refractivity contribution in [2.75, 3.05) is 12.3 Å². The first-order chi connectivity index (χ1) is 10.4. The van der Waals surface area contributed by atoms with E-state index in [2.05, 4.69) is 15.0 Å². The summed E-state index contributed by atoms with van der Waals surface area (Å²) < 4.78 is 6.46. The van der Waals surface area contributed by atoms with Crippen molar-refractivity contribution in [2.45, 2.75) is 23.8 Å². The Morgan fingerprint density at radius 3 is 2.64 bits per heavy atom. The Morgan fingerprint density at radius 1 is 1.32 bits per heavy atom. The molecular formula is C10H14N5O6P. The van der Waals surface area contributed by atoms with Gasteiger partial charge in [-0.15, -0.1) is 0 Å². The topological polar surface area (TPSA) is 180 Å². The Labute approximate surface area is 124 Å². The largest absolute Gasteiger partial charge is 0.394 e. The molecule has 22 heavy (non-hydrogen) atoms. The second-order valence-electron chi connectivity index (χ2n) is 4.77. The maximum absolute atomic E-state index is 10.3. The van der Waals surface area contributed by atoms with Gasteiger partial charge in [0.1, 0.15) is 36.5 Å². The molecule has 0 aliphatic carbocycles. The minimum Gasteiger partial charge on any atom is -0.394 e. The van der Waals surface area contributed by atoms with E-state index in [0.717, 1.165) is 17.2 Å². The summed E-state index contributed by atoms with van der Waals surface area (Å²) in [5.74, 6) is 0.0610. The molecule has 0 radical (unpaired) electrons. The van der Waals surface area contributed by atoms with E-state index in [-0.39, 0.29) is 17.0 Å². The molecule has 1 aliphatic rings. The zero-order chi connectivity index (χ0) is 16.1. The number of aliphatic hydroxyl groups is 3. The summed E-state index contributed by atoms with van der Waals surface area (Å²) in [6, 6.07) is 0. The number of nitrogens with zero attached hydrogens (tertiary/aromatic N) is 4. The number of imidazole rings is 1. The lowest BCUT2D eigenvalue weighted by Crippen LogP contribution is -2.44. The van der Waals surface area contributed by atoms with E-state index in [0.29, 0.717) is 0 Å². The highest BCUT2D eigenvalue weighted by molar-refractivity contribution is 7.46. The van der Waals surface area contributed by atoms with E-state index >= 15 is 0 Å². The molecule has 3 rings (SSSR count). The van der Waals surface area contributed by atoms with Gasteiger partial charge in [-0.3, -0.25) is 4.57 Å². The van der Waals surface area contributed by atoms with Gasteiger partial charge in [0.2, 0.25) is 13.8 Å². The lowest BCUT2D eigenvalue weighted by molar-refractivity contribution is -0.0919. The van der Waals surface area contributed by atoms with Crippen molar-refractivity contribution < 1.29 is 29.8 Å². The van der Waals surface area contributed by atoms with Gasteiger partial charge < -0.3 is 35.6 Å². The number of nitrogens with two attached hydrogens (primary N) is 1. The van der Waals surface area contributed by atoms with Crippen LogP contribution in [0, 0.1) is 0 Å². The first-order valence-corrected chi connectivity index (χ1v) is 7.45. The van der Waals surface area contributed by atoms with E-state index in [1.807, 2.05) is 0 Å². The maximum atomic E-state index is 10.3. The lowest BCUT2D eigenvalue weighted by Gasteiger charge is -2.33. The quantitative estimate of drug-likeness (QED) is 0.327. The molecule has 0 spiro atoms. The Morgan fingerprint density at radius 2 is 2.05 bits per heavy atom. The number of rotatable bonds is 3. The van der Waals surface area contributed by atoms with Crippen molar-refractivity contribution in [1.82, 2.24) is 19.5 Å². The van der Waals surface area contributed by atoms with E-state index in [1.165, 1.54) is 0 Å². The van der Waals surface area contributed by atoms with Crippen LogP contribution in [-0.2, 0) is 10.2 Å². The van der Waals surface area contributed by atoms with Gasteiger partial charge in [0.05, 0.1) is 6.61 Å². The smallest absolute Gasteiger partial charge is 0.247 e. The molecular weight excluding hydrogens is 317 g/mol. The highest BCUT2D eigenvalue weighted by Crippen LogP contribution is 2.55. The van der Waals surface area contributed by atoms with E-state index < -0.39 is 38.8 Å². The summed E-state index contributed by atoms with van der Waals surface area (Å²) in [5, 5.41) is 29.4. The van der Waals surface area contributed by atoms with Crippen molar-refractivity contribution in [1.29, 1.82) is 0 Å². The fourth-order valence-corrected chi connectivity index (χ4v) is 3.44. The average Bonchev–Trinajstić information content (AvgIpc) is 3.02. The molecule has 0 saturated carbocycles. The lowest BCUT2D eigenvalue weighted by atomic mass is 10.1. The van der Waals surface area contributed by atoms with Gasteiger partial charge in [0.15, 0.2) is 11.5 Å². The first-order valence-electron chi connectivity index (χ1n) is 6.20. The Bertz CT molecular complexity index is 697. The predicted octanol–water partition coefficient (Wildman–Crippen LogP) is -2.57. The number of anilines is 1. The highest BCUT2D eigenvalue weighted by Gasteiger charge is 2.61. The molecule has 1 fully saturated rings. The Kier molecular flexibility index (Phi) is 3.73. The van der Waals surface area contributed by atoms with Crippen LogP contribution < -0.4 is 5.73 Å². The SMILES string of the molecule is Nc1ncnc2c1ncn2[C@]1(P(O)O)O[C@H](CO)[C@@H](O)[C@H]1O. The third kappa shape index (κ3) is 1.92. The Balaban J connectivity index is 2.22. The van der Waals surface area contributed by atoms with Crippen LogP contribution in [0.5, 0.6) is 0 Å². The number of aromatic nitrogens is 4. The van der Waals surface area contributed by atoms with Crippen LogP contribution in [0.2, 0.25) is 0 Å². The second kappa shape index (κ2) is 5.32. The number of hydrogen-bond donors (Lipinski definition) is 6. The fourth-order valence-electron chi connectivity index (χ4n) is 2.48. The molecule has 3 heterocycles. The third-order valence-electron chi connectivity index (χ3n) is 3.59. The maximum Gasteiger partial charge on any atom is 0.247 e. The first kappa shape index (κ1) is 15.4. The van der Waals surface area contributed by atoms with E-state index in [9.17, 15) is 25.1 Å². The van der Waals surface area contributed by atoms with Crippen molar-refractivity contribution in [3.63, 3.8) is 0 Å². The summed E-state index contributed by atoms with van der Waals surface area (Å²) in [6.45, 7) is -0.618. The summed E-state index contributed by atoms with van der Waals surface area (Å²) in [5.41, 5.74) is 3.80. The number of aliphatic hydroxyl groups excluding tert-OH is 3. The zero-order valence-corrected chi connectivity index (χ0v) is 11.9. The summed E-state index contributed by atoms with van der Waals surface area (Å²) in [7, 11) is -2.94. The number of nitrogen functional groups attached to an aromatic ring is 1. The number of ether oxygens (including phenoxy) is 1. The van der Waals surface area contributed by atoms with E-state index in [4.69, 9.17) is 10.5 Å². The summed E-state index contributed by atoms with van der Waals surface area (Å²) in [6.07, 6.45) is -2.16. The molecule has 7 N–H and O–H groups in total. The molecule has 12 heteroatoms. The highest BCUT2D eigenvalue weighted by atomic mass is 31.2. The van der Waals surface area contributed by atoms with Crippen LogP contribution in [0.15, 0.2) is 12.7 Å². The molecule has 2 aromatic heterocycles. The van der Waals surface area contributed by atoms with Crippen LogP contribution in [0.1, 0.15) is 0 Å². The van der Waals surface area contributed by atoms with Crippen molar-refractivity contribution >= 4 is 25.4 Å². The summed E-state index contributed by atoms with van der Waals surface area (Å²) in [4.78, 5) is 31.3. The minimum atomic E-state index is -2.94. The van der Waals surface area contributed by atoms with Crippen molar-refractivity contribution in [3.05, 3.63) is 12.7 Å². The molecule has 0 amide bonds. The molecule has 1 saturated heterocycles. The molecule has 2 aromatic rings. The van der Waals surface area contributed by atoms with Gasteiger partial charge in [-0.2, -0.15) is 0 Å². The van der Waals surface area contributed by atoms with Crippen LogP contribution in [-0.4, -0.2) is 69.5 Å². The molecule has 120 valence electrons. The molecule has 4 atom stereocenters. The van der Waals surface area contributed by atoms with E-state index in [1.54, 1.807) is 0 Å². The van der Waals surface area contributed by atoms with Gasteiger partial charge in [-0.1, -0.05) is 0 Å². The summed E-state index contributed by atoms with van der Waals surface area (Å²) >= 11 is 0. The van der Waals surface area contributed by atoms with Crippen LogP contribution in [0.4, 0.5) is 5.82 Å². The van der Waals surface area contributed by atoms with Crippen LogP contribution >= 0.6 is 8.38 Å². The second-order valence-corrected chi connectivity index (χ2v) is 5.99. The van der Waals surface area contributed by atoms with Crippen LogP contribution in [0.25, 0.3) is 11.2 Å². The average molecular weight is 331 g/mol. The molecule has 0 unspecified atom stereocenters. The van der Waals surface area contributed by atoms with Crippen molar-refractivity contribution in [3.8, 4) is 0 Å². The molecule has 11 nitrogen and oxygen atoms in total. The van der Waals surface area contributed by atoms with Gasteiger partial charge in [-0.05, 0) is 0 Å². The van der Waals surface area contributed by atoms with Gasteiger partial charge in [0.25, 0.3) is 0 Å². The number of hydrogen-bond acceptors (Lipinski definition) is 10.